The third-order valence-corrected chi connectivity index (χ3v) is 3.51. The zero-order valence-electron chi connectivity index (χ0n) is 11.8. The molecule has 3 N–H and O–H groups in total. The average Bonchev–Trinajstić information content (AvgIpc) is 3.13. The van der Waals surface area contributed by atoms with E-state index in [-0.39, 0.29) is 11.5 Å². The molecule has 4 heteroatoms. The van der Waals surface area contributed by atoms with Gasteiger partial charge in [-0.15, -0.1) is 0 Å². The summed E-state index contributed by atoms with van der Waals surface area (Å²) in [6.45, 7) is 2.11. The minimum atomic E-state index is -0.115. The number of hydrogen-bond donors (Lipinski definition) is 3. The van der Waals surface area contributed by atoms with Gasteiger partial charge in [-0.3, -0.25) is 15.0 Å². The van der Waals surface area contributed by atoms with Crippen molar-refractivity contribution in [2.75, 3.05) is 0 Å². The number of benzene rings is 1. The predicted molar refractivity (Wildman–Crippen MR) is 84.3 cm³/mol. The molecule has 0 aliphatic carbocycles. The number of H-pyrrole nitrogens is 3. The van der Waals surface area contributed by atoms with Gasteiger partial charge in [0.05, 0.1) is 10.6 Å². The van der Waals surface area contributed by atoms with Crippen LogP contribution < -0.4 is 16.1 Å². The first-order chi connectivity index (χ1) is 10.2. The smallest absolute Gasteiger partial charge is 0.271 e. The summed E-state index contributed by atoms with van der Waals surface area (Å²) >= 11 is 0. The summed E-state index contributed by atoms with van der Waals surface area (Å²) in [5.41, 5.74) is 2.00. The van der Waals surface area contributed by atoms with Crippen molar-refractivity contribution in [3.8, 4) is 0 Å². The van der Waals surface area contributed by atoms with Crippen molar-refractivity contribution in [3.05, 3.63) is 80.8 Å². The Morgan fingerprint density at radius 2 is 1.86 bits per heavy atom. The molecule has 0 aliphatic rings. The maximum absolute atomic E-state index is 11.9. The van der Waals surface area contributed by atoms with Crippen molar-refractivity contribution in [2.45, 2.75) is 12.8 Å². The Bertz CT molecular complexity index is 870. The molecule has 0 fully saturated rings. The normalized spacial score (nSPS) is 14.5. The monoisotopic (exact) mass is 279 g/mol. The average molecular weight is 279 g/mol. The Labute approximate surface area is 121 Å². The van der Waals surface area contributed by atoms with Crippen LogP contribution in [-0.2, 0) is 0 Å². The van der Waals surface area contributed by atoms with E-state index in [1.54, 1.807) is 0 Å². The lowest BCUT2D eigenvalue weighted by atomic mass is 10.0. The summed E-state index contributed by atoms with van der Waals surface area (Å²) in [6.07, 6.45) is 5.74. The molecule has 0 bridgehead atoms. The summed E-state index contributed by atoms with van der Waals surface area (Å²) in [5.74, 6) is 0.216. The van der Waals surface area contributed by atoms with Crippen LogP contribution in [0.4, 0.5) is 0 Å². The van der Waals surface area contributed by atoms with E-state index in [4.69, 9.17) is 0 Å². The molecular formula is C17H17N3O. The second-order valence-electron chi connectivity index (χ2n) is 5.04. The van der Waals surface area contributed by atoms with Crippen LogP contribution in [0, 0.1) is 0 Å². The molecular weight excluding hydrogens is 262 g/mol. The molecule has 1 unspecified atom stereocenters. The summed E-state index contributed by atoms with van der Waals surface area (Å²) < 4.78 is 0. The Morgan fingerprint density at radius 3 is 2.57 bits per heavy atom. The van der Waals surface area contributed by atoms with Crippen molar-refractivity contribution < 1.29 is 0 Å². The number of rotatable bonds is 3. The summed E-state index contributed by atoms with van der Waals surface area (Å²) in [5, 5.41) is 7.05. The van der Waals surface area contributed by atoms with Crippen LogP contribution in [-0.4, -0.2) is 15.2 Å². The van der Waals surface area contributed by atoms with E-state index in [1.807, 2.05) is 42.6 Å². The molecule has 21 heavy (non-hydrogen) atoms. The Balaban J connectivity index is 2.08. The fraction of sp³-hybridized carbons (Fsp3) is 0.118. The molecule has 3 aromatic rings. The largest absolute Gasteiger partial charge is 0.362 e. The van der Waals surface area contributed by atoms with Gasteiger partial charge in [0.1, 0.15) is 0 Å². The molecule has 1 aromatic carbocycles. The number of aromatic amines is 3. The molecule has 0 saturated carbocycles. The van der Waals surface area contributed by atoms with E-state index in [0.717, 1.165) is 11.0 Å². The molecule has 0 amide bonds. The molecule has 0 spiro atoms. The second-order valence-corrected chi connectivity index (χ2v) is 5.04. The molecule has 1 atom stereocenters. The van der Waals surface area contributed by atoms with Crippen molar-refractivity contribution in [2.24, 2.45) is 0 Å². The van der Waals surface area contributed by atoms with Crippen LogP contribution in [0.1, 0.15) is 24.1 Å². The standard InChI is InChI=1S/C17H17N3O/c1-12(13-6-3-2-4-7-13)10-16-15(17(21)20-19-16)11-14-8-5-9-18-14/h2-12,18-19H,1H3,(H,20,21). The van der Waals surface area contributed by atoms with E-state index in [9.17, 15) is 4.79 Å². The van der Waals surface area contributed by atoms with Crippen LogP contribution in [0.25, 0.3) is 12.2 Å². The van der Waals surface area contributed by atoms with Gasteiger partial charge in [-0.2, -0.15) is 0 Å². The Kier molecular flexibility index (Phi) is 3.60. The van der Waals surface area contributed by atoms with Gasteiger partial charge in [0.25, 0.3) is 5.56 Å². The third-order valence-electron chi connectivity index (χ3n) is 3.51. The van der Waals surface area contributed by atoms with E-state index in [0.29, 0.717) is 5.22 Å². The lowest BCUT2D eigenvalue weighted by Crippen LogP contribution is -2.33. The second kappa shape index (κ2) is 5.71. The van der Waals surface area contributed by atoms with Gasteiger partial charge >= 0.3 is 0 Å². The van der Waals surface area contributed by atoms with E-state index < -0.39 is 0 Å². The van der Waals surface area contributed by atoms with Gasteiger partial charge in [-0.05, 0) is 23.8 Å². The van der Waals surface area contributed by atoms with Crippen LogP contribution in [0.5, 0.6) is 0 Å². The first-order valence-corrected chi connectivity index (χ1v) is 6.92. The SMILES string of the molecule is CC(C=c1[nH][nH]c(=O)c1=Cc1ccc[nH]1)c1ccccc1. The molecule has 2 aromatic heterocycles. The van der Waals surface area contributed by atoms with Gasteiger partial charge in [0, 0.05) is 17.8 Å². The van der Waals surface area contributed by atoms with E-state index in [1.165, 1.54) is 5.56 Å². The highest BCUT2D eigenvalue weighted by Crippen LogP contribution is 2.14. The van der Waals surface area contributed by atoms with Gasteiger partial charge in [0.15, 0.2) is 0 Å². The molecule has 0 aliphatic heterocycles. The van der Waals surface area contributed by atoms with Gasteiger partial charge in [0.2, 0.25) is 0 Å². The number of aromatic nitrogens is 3. The number of nitrogens with one attached hydrogen (secondary N) is 3. The molecule has 4 nitrogen and oxygen atoms in total. The summed E-state index contributed by atoms with van der Waals surface area (Å²) in [7, 11) is 0. The lowest BCUT2D eigenvalue weighted by molar-refractivity contribution is 0.987. The predicted octanol–water partition coefficient (Wildman–Crippen LogP) is 1.44. The Hall–Kier alpha value is -2.75. The van der Waals surface area contributed by atoms with Gasteiger partial charge < -0.3 is 4.98 Å². The van der Waals surface area contributed by atoms with Crippen molar-refractivity contribution >= 4 is 12.2 Å². The summed E-state index contributed by atoms with van der Waals surface area (Å²) in [6, 6.07) is 14.0. The minimum Gasteiger partial charge on any atom is -0.362 e. The highest BCUT2D eigenvalue weighted by Gasteiger charge is 2.02. The molecule has 106 valence electrons. The fourth-order valence-electron chi connectivity index (χ4n) is 2.35. The highest BCUT2D eigenvalue weighted by atomic mass is 16.1. The van der Waals surface area contributed by atoms with Gasteiger partial charge in [-0.1, -0.05) is 43.3 Å². The minimum absolute atomic E-state index is 0.115. The van der Waals surface area contributed by atoms with Crippen molar-refractivity contribution in [1.29, 1.82) is 0 Å². The maximum atomic E-state index is 11.9. The number of hydrogen-bond acceptors (Lipinski definition) is 1. The Morgan fingerprint density at radius 1 is 1.05 bits per heavy atom. The molecule has 2 heterocycles. The van der Waals surface area contributed by atoms with Gasteiger partial charge in [-0.25, -0.2) is 0 Å². The van der Waals surface area contributed by atoms with Crippen LogP contribution in [0.15, 0.2) is 53.5 Å². The fourth-order valence-corrected chi connectivity index (χ4v) is 2.35. The summed E-state index contributed by atoms with van der Waals surface area (Å²) in [4.78, 5) is 15.0. The zero-order valence-corrected chi connectivity index (χ0v) is 11.8. The zero-order chi connectivity index (χ0) is 14.7. The third kappa shape index (κ3) is 2.89. The first-order valence-electron chi connectivity index (χ1n) is 6.92. The van der Waals surface area contributed by atoms with E-state index >= 15 is 0 Å². The van der Waals surface area contributed by atoms with Crippen LogP contribution in [0.3, 0.4) is 0 Å². The highest BCUT2D eigenvalue weighted by molar-refractivity contribution is 5.46. The molecule has 0 saturated heterocycles. The molecule has 0 radical (unpaired) electrons. The van der Waals surface area contributed by atoms with Crippen molar-refractivity contribution in [1.82, 2.24) is 15.2 Å². The lowest BCUT2D eigenvalue weighted by Gasteiger charge is -2.04. The van der Waals surface area contributed by atoms with Crippen LogP contribution >= 0.6 is 0 Å². The molecule has 3 rings (SSSR count). The van der Waals surface area contributed by atoms with Crippen molar-refractivity contribution in [3.63, 3.8) is 0 Å². The topological polar surface area (TPSA) is 64.4 Å². The van der Waals surface area contributed by atoms with E-state index in [2.05, 4.69) is 40.3 Å². The first kappa shape index (κ1) is 13.2. The maximum Gasteiger partial charge on any atom is 0.271 e. The van der Waals surface area contributed by atoms with Crippen LogP contribution in [0.2, 0.25) is 0 Å². The quantitative estimate of drug-likeness (QED) is 0.667.